The van der Waals surface area contributed by atoms with E-state index in [1.165, 1.54) is 11.6 Å². The van der Waals surface area contributed by atoms with Crippen LogP contribution in [0.15, 0.2) is 47.4 Å². The zero-order valence-electron chi connectivity index (χ0n) is 21.2. The number of halogens is 2. The van der Waals surface area contributed by atoms with Crippen molar-refractivity contribution >= 4 is 22.5 Å². The van der Waals surface area contributed by atoms with Gasteiger partial charge in [-0.1, -0.05) is 12.1 Å². The summed E-state index contributed by atoms with van der Waals surface area (Å²) in [5.41, 5.74) is 1.58. The first-order valence-corrected chi connectivity index (χ1v) is 14.7. The fourth-order valence-electron chi connectivity index (χ4n) is 6.33. The highest BCUT2D eigenvalue weighted by Crippen LogP contribution is 2.63. The maximum atomic E-state index is 13.7. The number of rotatable bonds is 8. The third kappa shape index (κ3) is 5.73. The number of nitrogens with zero attached hydrogens (tertiary/aromatic N) is 2. The van der Waals surface area contributed by atoms with Gasteiger partial charge in [0, 0.05) is 59.4 Å². The Bertz CT molecular complexity index is 1180. The number of benzene rings is 2. The van der Waals surface area contributed by atoms with Crippen LogP contribution >= 0.6 is 0 Å². The van der Waals surface area contributed by atoms with Crippen LogP contribution in [0, 0.1) is 17.6 Å². The first-order chi connectivity index (χ1) is 17.7. The van der Waals surface area contributed by atoms with Gasteiger partial charge < -0.3 is 20.2 Å². The minimum atomic E-state index is -1.03. The Morgan fingerprint density at radius 2 is 2.05 bits per heavy atom. The van der Waals surface area contributed by atoms with Crippen molar-refractivity contribution in [3.8, 4) is 0 Å². The van der Waals surface area contributed by atoms with Crippen LogP contribution in [0.3, 0.4) is 0 Å². The predicted molar refractivity (Wildman–Crippen MR) is 140 cm³/mol. The van der Waals surface area contributed by atoms with Gasteiger partial charge in [-0.25, -0.2) is 13.6 Å². The third-order valence-corrected chi connectivity index (χ3v) is 9.36. The predicted octanol–water partition coefficient (Wildman–Crippen LogP) is 4.50. The van der Waals surface area contributed by atoms with Gasteiger partial charge in [0.2, 0.25) is 0 Å². The maximum absolute atomic E-state index is 13.7. The van der Waals surface area contributed by atoms with E-state index in [-0.39, 0.29) is 29.3 Å². The van der Waals surface area contributed by atoms with E-state index in [1.807, 2.05) is 17.0 Å². The van der Waals surface area contributed by atoms with Gasteiger partial charge in [0.25, 0.3) is 0 Å². The number of aliphatic hydroxyl groups excluding tert-OH is 1. The Balaban J connectivity index is 1.27. The summed E-state index contributed by atoms with van der Waals surface area (Å²) in [7, 11) is -1.03. The van der Waals surface area contributed by atoms with Gasteiger partial charge in [0.05, 0.1) is 6.10 Å². The number of likely N-dealkylation sites (tertiary alicyclic amines) is 1. The van der Waals surface area contributed by atoms with Crippen molar-refractivity contribution in [3.05, 3.63) is 59.7 Å². The van der Waals surface area contributed by atoms with Gasteiger partial charge in [0.15, 0.2) is 11.6 Å². The number of nitrogens with one attached hydrogen (secondary N) is 1. The van der Waals surface area contributed by atoms with E-state index in [0.29, 0.717) is 19.0 Å². The Labute approximate surface area is 219 Å². The monoisotopic (exact) mass is 531 g/mol. The smallest absolute Gasteiger partial charge is 0.322 e. The summed E-state index contributed by atoms with van der Waals surface area (Å²) in [4.78, 5) is 18.3. The molecule has 2 N–H and O–H groups in total. The number of anilines is 1. The van der Waals surface area contributed by atoms with E-state index < -0.39 is 22.4 Å². The molecule has 200 valence electrons. The number of hydrogen-bond acceptors (Lipinski definition) is 4. The molecule has 2 aromatic carbocycles. The molecule has 1 aliphatic heterocycles. The molecule has 2 aromatic rings. The van der Waals surface area contributed by atoms with E-state index in [4.69, 9.17) is 0 Å². The fourth-order valence-corrected chi connectivity index (χ4v) is 6.89. The highest BCUT2D eigenvalue weighted by Gasteiger charge is 2.58. The summed E-state index contributed by atoms with van der Waals surface area (Å²) in [6, 6.07) is 11.3. The largest absolute Gasteiger partial charge is 0.392 e. The van der Waals surface area contributed by atoms with Crippen molar-refractivity contribution in [2.45, 2.75) is 61.0 Å². The molecule has 0 radical (unpaired) electrons. The van der Waals surface area contributed by atoms with Crippen LogP contribution in [-0.4, -0.2) is 69.7 Å². The molecule has 2 saturated carbocycles. The van der Waals surface area contributed by atoms with E-state index in [2.05, 4.69) is 22.3 Å². The van der Waals surface area contributed by atoms with Crippen LogP contribution in [0.1, 0.15) is 44.1 Å². The van der Waals surface area contributed by atoms with Crippen molar-refractivity contribution in [1.29, 1.82) is 0 Å². The first-order valence-electron chi connectivity index (χ1n) is 13.1. The van der Waals surface area contributed by atoms with E-state index in [1.54, 1.807) is 6.26 Å². The molecule has 1 saturated heterocycles. The topological polar surface area (TPSA) is 72.9 Å². The average molecular weight is 532 g/mol. The van der Waals surface area contributed by atoms with Gasteiger partial charge in [-0.15, -0.1) is 0 Å². The molecular formula is C28H35F2N3O3S. The lowest BCUT2D eigenvalue weighted by molar-refractivity contribution is 0.151. The molecule has 2 amide bonds. The van der Waals surface area contributed by atoms with Gasteiger partial charge in [-0.3, -0.25) is 4.21 Å². The highest BCUT2D eigenvalue weighted by molar-refractivity contribution is 7.84. The fraction of sp³-hybridized carbons (Fsp3) is 0.536. The Morgan fingerprint density at radius 3 is 2.76 bits per heavy atom. The first kappa shape index (κ1) is 26.3. The quantitative estimate of drug-likeness (QED) is 0.526. The standard InChI is InChI=1S/C28H35F2N3O3S/c1-37(36)24-5-2-4-19(15-24)28-10-8-22(14-20(28)17-28)33(12-3-11-32-13-9-23(34)18-32)27(35)31-21-6-7-25(29)26(30)16-21/h2,4-7,15-16,20,22-23,34H,3,8-14,17-18H2,1H3,(H,31,35)/t20?,22?,23-,28?,37?/m0/s1. The van der Waals surface area contributed by atoms with Crippen LogP contribution in [-0.2, 0) is 16.2 Å². The van der Waals surface area contributed by atoms with E-state index in [0.717, 1.165) is 68.6 Å². The lowest BCUT2D eigenvalue weighted by atomic mass is 9.80. The normalized spacial score (nSPS) is 27.9. The van der Waals surface area contributed by atoms with Crippen LogP contribution in [0.2, 0.25) is 0 Å². The number of hydrogen-bond donors (Lipinski definition) is 2. The van der Waals surface area contributed by atoms with Gasteiger partial charge in [-0.05, 0) is 86.2 Å². The summed E-state index contributed by atoms with van der Waals surface area (Å²) in [6.45, 7) is 2.87. The summed E-state index contributed by atoms with van der Waals surface area (Å²) < 4.78 is 39.1. The molecule has 9 heteroatoms. The number of carbonyl (C=O) groups is 1. The molecule has 4 unspecified atom stereocenters. The highest BCUT2D eigenvalue weighted by atomic mass is 32.2. The minimum absolute atomic E-state index is 0.0542. The molecule has 0 bridgehead atoms. The van der Waals surface area contributed by atoms with Crippen molar-refractivity contribution in [2.24, 2.45) is 5.92 Å². The number of urea groups is 1. The molecule has 0 aromatic heterocycles. The van der Waals surface area contributed by atoms with Gasteiger partial charge >= 0.3 is 6.03 Å². The van der Waals surface area contributed by atoms with Gasteiger partial charge in [0.1, 0.15) is 0 Å². The lowest BCUT2D eigenvalue weighted by Crippen LogP contribution is -2.46. The number of aliphatic hydroxyl groups is 1. The molecule has 3 fully saturated rings. The Morgan fingerprint density at radius 1 is 1.22 bits per heavy atom. The van der Waals surface area contributed by atoms with Crippen molar-refractivity contribution in [3.63, 3.8) is 0 Å². The summed E-state index contributed by atoms with van der Waals surface area (Å²) >= 11 is 0. The number of amides is 2. The molecule has 5 atom stereocenters. The summed E-state index contributed by atoms with van der Waals surface area (Å²) in [5.74, 6) is -1.48. The lowest BCUT2D eigenvalue weighted by Gasteiger charge is -2.37. The molecule has 0 spiro atoms. The SMILES string of the molecule is CS(=O)c1cccc(C23CCC(N(CCCN4CC[C@H](O)C4)C(=O)Nc4ccc(F)c(F)c4)CC2C3)c1. The second-order valence-corrected chi connectivity index (χ2v) is 12.2. The second-order valence-electron chi connectivity index (χ2n) is 10.8. The number of fused-ring (bicyclic) bond motifs is 1. The summed E-state index contributed by atoms with van der Waals surface area (Å²) in [6.07, 6.45) is 6.72. The van der Waals surface area contributed by atoms with Crippen molar-refractivity contribution in [1.82, 2.24) is 9.80 Å². The van der Waals surface area contributed by atoms with Crippen LogP contribution < -0.4 is 5.32 Å². The van der Waals surface area contributed by atoms with E-state index >= 15 is 0 Å². The summed E-state index contributed by atoms with van der Waals surface area (Å²) in [5, 5.41) is 12.6. The Hall–Kier alpha value is -2.36. The maximum Gasteiger partial charge on any atom is 0.322 e. The Kier molecular flexibility index (Phi) is 7.65. The van der Waals surface area contributed by atoms with Gasteiger partial charge in [-0.2, -0.15) is 0 Å². The zero-order valence-corrected chi connectivity index (χ0v) is 22.0. The molecule has 5 rings (SSSR count). The van der Waals surface area contributed by atoms with Crippen LogP contribution in [0.4, 0.5) is 19.3 Å². The van der Waals surface area contributed by atoms with Crippen molar-refractivity contribution < 1.29 is 22.9 Å². The second kappa shape index (κ2) is 10.8. The number of β-amino-alcohol motifs (C(OH)–C–C–N with tert-alkyl or cyclic N) is 1. The molecule has 6 nitrogen and oxygen atoms in total. The van der Waals surface area contributed by atoms with Crippen molar-refractivity contribution in [2.75, 3.05) is 37.8 Å². The molecule has 2 aliphatic carbocycles. The molecule has 1 heterocycles. The molecule has 3 aliphatic rings. The number of carbonyl (C=O) groups excluding carboxylic acids is 1. The molecule has 37 heavy (non-hydrogen) atoms. The zero-order chi connectivity index (χ0) is 26.2. The third-order valence-electron chi connectivity index (χ3n) is 8.45. The minimum Gasteiger partial charge on any atom is -0.392 e. The van der Waals surface area contributed by atoms with E-state index in [9.17, 15) is 22.9 Å². The van der Waals surface area contributed by atoms with Crippen LogP contribution in [0.5, 0.6) is 0 Å². The average Bonchev–Trinajstić information content (AvgIpc) is 3.48. The van der Waals surface area contributed by atoms with Crippen LogP contribution in [0.25, 0.3) is 0 Å². The molecular weight excluding hydrogens is 496 g/mol.